The van der Waals surface area contributed by atoms with Crippen LogP contribution in [0, 0.1) is 10.1 Å². The van der Waals surface area contributed by atoms with Crippen molar-refractivity contribution in [2.45, 2.75) is 6.18 Å². The predicted octanol–water partition coefficient (Wildman–Crippen LogP) is 6.29. The zero-order valence-corrected chi connectivity index (χ0v) is 18.8. The number of alkyl halides is 3. The summed E-state index contributed by atoms with van der Waals surface area (Å²) in [5, 5.41) is 11.0. The molecule has 0 bridgehead atoms. The molecule has 0 saturated carbocycles. The fourth-order valence-electron chi connectivity index (χ4n) is 3.21. The topological polar surface area (TPSA) is 85.8 Å². The number of rotatable bonds is 5. The molecule has 0 aliphatic carbocycles. The predicted molar refractivity (Wildman–Crippen MR) is 124 cm³/mol. The average Bonchev–Trinajstić information content (AvgIpc) is 3.36. The second kappa shape index (κ2) is 8.95. The molecular formula is C22H13F3N2O5S2. The third-order valence-corrected chi connectivity index (χ3v) is 6.09. The van der Waals surface area contributed by atoms with E-state index in [-0.39, 0.29) is 32.1 Å². The molecule has 2 aromatic carbocycles. The normalized spacial score (nSPS) is 15.3. The Labute approximate surface area is 200 Å². The Morgan fingerprint density at radius 2 is 1.94 bits per heavy atom. The molecular weight excluding hydrogens is 493 g/mol. The van der Waals surface area contributed by atoms with Gasteiger partial charge in [-0.2, -0.15) is 13.2 Å². The van der Waals surface area contributed by atoms with Crippen LogP contribution in [-0.4, -0.2) is 22.3 Å². The summed E-state index contributed by atoms with van der Waals surface area (Å²) in [6.45, 7) is 0. The Balaban J connectivity index is 1.62. The zero-order valence-electron chi connectivity index (χ0n) is 17.2. The van der Waals surface area contributed by atoms with E-state index in [9.17, 15) is 28.1 Å². The lowest BCUT2D eigenvalue weighted by Gasteiger charge is -2.16. The second-order valence-corrected chi connectivity index (χ2v) is 8.58. The number of amides is 1. The van der Waals surface area contributed by atoms with Gasteiger partial charge in [0.05, 0.1) is 39.8 Å². The Morgan fingerprint density at radius 1 is 1.18 bits per heavy atom. The molecule has 7 nitrogen and oxygen atoms in total. The van der Waals surface area contributed by atoms with Gasteiger partial charge in [-0.05, 0) is 36.4 Å². The van der Waals surface area contributed by atoms with E-state index in [1.54, 1.807) is 12.1 Å². The third kappa shape index (κ3) is 4.54. The van der Waals surface area contributed by atoms with Crippen molar-refractivity contribution in [2.24, 2.45) is 0 Å². The summed E-state index contributed by atoms with van der Waals surface area (Å²) >= 11 is 6.15. The number of methoxy groups -OCH3 is 1. The van der Waals surface area contributed by atoms with Gasteiger partial charge in [-0.25, -0.2) is 0 Å². The van der Waals surface area contributed by atoms with Crippen LogP contribution in [0.25, 0.3) is 17.4 Å². The van der Waals surface area contributed by atoms with E-state index in [1.165, 1.54) is 43.5 Å². The zero-order chi connectivity index (χ0) is 24.6. The fraction of sp³-hybridized carbons (Fsp3) is 0.0909. The highest BCUT2D eigenvalue weighted by molar-refractivity contribution is 8.27. The molecule has 34 heavy (non-hydrogen) atoms. The van der Waals surface area contributed by atoms with Crippen LogP contribution in [0.15, 0.2) is 63.9 Å². The minimum Gasteiger partial charge on any atom is -0.496 e. The smallest absolute Gasteiger partial charge is 0.416 e. The first-order chi connectivity index (χ1) is 16.1. The molecule has 1 aliphatic heterocycles. The fourth-order valence-corrected chi connectivity index (χ4v) is 4.49. The van der Waals surface area contributed by atoms with Gasteiger partial charge in [0, 0.05) is 12.1 Å². The number of nitro benzene ring substituents is 1. The van der Waals surface area contributed by atoms with Crippen molar-refractivity contribution in [1.29, 1.82) is 0 Å². The maximum Gasteiger partial charge on any atom is 0.416 e. The van der Waals surface area contributed by atoms with Crippen molar-refractivity contribution in [3.63, 3.8) is 0 Å². The van der Waals surface area contributed by atoms with Crippen LogP contribution in [-0.2, 0) is 11.0 Å². The van der Waals surface area contributed by atoms with E-state index in [0.29, 0.717) is 11.3 Å². The lowest BCUT2D eigenvalue weighted by Crippen LogP contribution is -2.27. The van der Waals surface area contributed by atoms with E-state index in [0.717, 1.165) is 28.8 Å². The van der Waals surface area contributed by atoms with Crippen molar-refractivity contribution >= 4 is 51.7 Å². The average molecular weight is 506 g/mol. The quantitative estimate of drug-likeness (QED) is 0.174. The number of benzene rings is 2. The van der Waals surface area contributed by atoms with Gasteiger partial charge in [-0.15, -0.1) is 0 Å². The lowest BCUT2D eigenvalue weighted by molar-refractivity contribution is -0.384. The first kappa shape index (κ1) is 23.5. The van der Waals surface area contributed by atoms with Gasteiger partial charge < -0.3 is 9.15 Å². The number of hydrogen-bond donors (Lipinski definition) is 0. The van der Waals surface area contributed by atoms with Gasteiger partial charge in [-0.1, -0.05) is 30.0 Å². The SMILES string of the molecule is COc1cc([N+](=O)[O-])ccc1-c1ccc(/C=C2/SC(=S)N(c3cccc(C(F)(F)F)c3)C2=O)o1. The molecule has 0 unspecified atom stereocenters. The van der Waals surface area contributed by atoms with Gasteiger partial charge in [-0.3, -0.25) is 19.8 Å². The standard InChI is InChI=1S/C22H13F3N2O5S2/c1-31-18-10-14(27(29)30)5-7-16(18)17-8-6-15(32-17)11-19-20(28)26(21(33)34-19)13-4-2-3-12(9-13)22(23,24)25/h2-11H,1H3/b19-11+. The molecule has 1 fully saturated rings. The number of halogens is 3. The van der Waals surface area contributed by atoms with Gasteiger partial charge in [0.15, 0.2) is 4.32 Å². The Morgan fingerprint density at radius 3 is 2.62 bits per heavy atom. The number of nitro groups is 1. The van der Waals surface area contributed by atoms with E-state index < -0.39 is 22.6 Å². The summed E-state index contributed by atoms with van der Waals surface area (Å²) in [6.07, 6.45) is -3.13. The summed E-state index contributed by atoms with van der Waals surface area (Å²) in [6, 6.07) is 11.6. The highest BCUT2D eigenvalue weighted by atomic mass is 32.2. The van der Waals surface area contributed by atoms with Crippen LogP contribution in [0.3, 0.4) is 0 Å². The molecule has 0 N–H and O–H groups in total. The minimum atomic E-state index is -4.56. The number of carbonyl (C=O) groups excluding carboxylic acids is 1. The molecule has 0 radical (unpaired) electrons. The molecule has 174 valence electrons. The molecule has 1 aliphatic rings. The van der Waals surface area contributed by atoms with Crippen molar-refractivity contribution in [3.8, 4) is 17.1 Å². The second-order valence-electron chi connectivity index (χ2n) is 6.91. The number of carbonyl (C=O) groups is 1. The summed E-state index contributed by atoms with van der Waals surface area (Å²) in [4.78, 5) is 24.5. The molecule has 4 rings (SSSR count). The monoisotopic (exact) mass is 506 g/mol. The number of anilines is 1. The largest absolute Gasteiger partial charge is 0.496 e. The molecule has 0 spiro atoms. The van der Waals surface area contributed by atoms with Crippen molar-refractivity contribution in [3.05, 3.63) is 80.9 Å². The molecule has 1 saturated heterocycles. The third-order valence-electron chi connectivity index (χ3n) is 4.79. The Kier molecular flexibility index (Phi) is 6.19. The van der Waals surface area contributed by atoms with Crippen molar-refractivity contribution < 1.29 is 32.0 Å². The summed E-state index contributed by atoms with van der Waals surface area (Å²) in [5.41, 5.74) is -0.567. The number of thioether (sulfide) groups is 1. The summed E-state index contributed by atoms with van der Waals surface area (Å²) < 4.78 is 50.3. The van der Waals surface area contributed by atoms with Crippen molar-refractivity contribution in [1.82, 2.24) is 0 Å². The number of thiocarbonyl (C=S) groups is 1. The van der Waals surface area contributed by atoms with Crippen LogP contribution in [0.5, 0.6) is 5.75 Å². The van der Waals surface area contributed by atoms with E-state index >= 15 is 0 Å². The maximum absolute atomic E-state index is 13.1. The minimum absolute atomic E-state index is 0.0106. The number of hydrogen-bond acceptors (Lipinski definition) is 7. The summed E-state index contributed by atoms with van der Waals surface area (Å²) in [7, 11) is 1.37. The highest BCUT2D eigenvalue weighted by Crippen LogP contribution is 2.39. The molecule has 1 aromatic heterocycles. The highest BCUT2D eigenvalue weighted by Gasteiger charge is 2.36. The van der Waals surface area contributed by atoms with Crippen LogP contribution in [0.1, 0.15) is 11.3 Å². The molecule has 0 atom stereocenters. The van der Waals surface area contributed by atoms with Crippen LogP contribution >= 0.6 is 24.0 Å². The number of ether oxygens (including phenoxy) is 1. The van der Waals surface area contributed by atoms with Crippen LogP contribution in [0.2, 0.25) is 0 Å². The van der Waals surface area contributed by atoms with Crippen LogP contribution in [0.4, 0.5) is 24.5 Å². The van der Waals surface area contributed by atoms with Gasteiger partial charge >= 0.3 is 6.18 Å². The Hall–Kier alpha value is -3.64. The van der Waals surface area contributed by atoms with E-state index in [2.05, 4.69) is 0 Å². The van der Waals surface area contributed by atoms with Gasteiger partial charge in [0.25, 0.3) is 11.6 Å². The number of nitrogens with zero attached hydrogens (tertiary/aromatic N) is 2. The van der Waals surface area contributed by atoms with Crippen molar-refractivity contribution in [2.75, 3.05) is 12.0 Å². The van der Waals surface area contributed by atoms with E-state index in [1.807, 2.05) is 0 Å². The molecule has 2 heterocycles. The molecule has 1 amide bonds. The summed E-state index contributed by atoms with van der Waals surface area (Å²) in [5.74, 6) is 0.262. The first-order valence-corrected chi connectivity index (χ1v) is 10.7. The lowest BCUT2D eigenvalue weighted by atomic mass is 10.1. The van der Waals surface area contributed by atoms with Gasteiger partial charge in [0.2, 0.25) is 0 Å². The molecule has 3 aromatic rings. The Bertz CT molecular complexity index is 1350. The first-order valence-electron chi connectivity index (χ1n) is 9.46. The number of furan rings is 1. The maximum atomic E-state index is 13.1. The number of non-ortho nitro benzene ring substituents is 1. The van der Waals surface area contributed by atoms with E-state index in [4.69, 9.17) is 21.4 Å². The van der Waals surface area contributed by atoms with Crippen LogP contribution < -0.4 is 9.64 Å². The van der Waals surface area contributed by atoms with Gasteiger partial charge in [0.1, 0.15) is 17.3 Å². The molecule has 12 heteroatoms.